The van der Waals surface area contributed by atoms with Gasteiger partial charge in [0.25, 0.3) is 0 Å². The number of furan rings is 1. The van der Waals surface area contributed by atoms with Gasteiger partial charge in [-0.15, -0.1) is 0 Å². The molecule has 0 aliphatic heterocycles. The van der Waals surface area contributed by atoms with E-state index >= 15 is 0 Å². The molecule has 2 heteroatoms. The number of nitrogens with zero attached hydrogens (tertiary/aromatic N) is 1. The predicted molar refractivity (Wildman–Crippen MR) is 231 cm³/mol. The summed E-state index contributed by atoms with van der Waals surface area (Å²) in [6.07, 6.45) is 0. The van der Waals surface area contributed by atoms with Crippen molar-refractivity contribution in [3.63, 3.8) is 0 Å². The summed E-state index contributed by atoms with van der Waals surface area (Å²) in [5.74, 6) is 0. The zero-order valence-corrected chi connectivity index (χ0v) is 30.6. The predicted octanol–water partition coefficient (Wildman–Crippen LogP) is 14.0. The first-order valence-corrected chi connectivity index (χ1v) is 19.2. The van der Waals surface area contributed by atoms with Crippen LogP contribution < -0.4 is 0 Å². The number of aromatic nitrogens is 1. The molecular weight excluding hydrogens is 679 g/mol. The molecule has 0 unspecified atom stereocenters. The fourth-order valence-electron chi connectivity index (χ4n) is 9.01. The maximum Gasteiger partial charge on any atom is 0.143 e. The Morgan fingerprint density at radius 1 is 0.339 bits per heavy atom. The normalized spacial score (nSPS) is 12.8. The van der Waals surface area contributed by atoms with Crippen LogP contribution in [-0.4, -0.2) is 4.98 Å². The summed E-state index contributed by atoms with van der Waals surface area (Å²) in [6, 6.07) is 76.0. The Hall–Kier alpha value is -7.29. The van der Waals surface area contributed by atoms with Crippen LogP contribution in [0, 0.1) is 0 Å². The lowest BCUT2D eigenvalue weighted by Gasteiger charge is -2.33. The van der Waals surface area contributed by atoms with Crippen molar-refractivity contribution in [3.8, 4) is 55.9 Å². The molecule has 1 aliphatic rings. The Morgan fingerprint density at radius 3 is 1.54 bits per heavy atom. The van der Waals surface area contributed by atoms with Crippen LogP contribution in [0.15, 0.2) is 217 Å². The molecule has 0 spiro atoms. The summed E-state index contributed by atoms with van der Waals surface area (Å²) in [7, 11) is 0. The highest BCUT2D eigenvalue weighted by atomic mass is 16.3. The van der Waals surface area contributed by atoms with Gasteiger partial charge >= 0.3 is 0 Å². The van der Waals surface area contributed by atoms with Gasteiger partial charge < -0.3 is 4.42 Å². The lowest BCUT2D eigenvalue weighted by molar-refractivity contribution is 0.667. The van der Waals surface area contributed by atoms with Crippen molar-refractivity contribution >= 4 is 21.9 Å². The number of fused-ring (bicyclic) bond motifs is 6. The molecule has 0 saturated carbocycles. The number of benzene rings is 8. The summed E-state index contributed by atoms with van der Waals surface area (Å²) in [6.45, 7) is 0. The van der Waals surface area contributed by atoms with E-state index in [1.807, 2.05) is 6.07 Å². The smallest absolute Gasteiger partial charge is 0.143 e. The second-order valence-corrected chi connectivity index (χ2v) is 14.6. The van der Waals surface area contributed by atoms with E-state index in [0.29, 0.717) is 0 Å². The van der Waals surface area contributed by atoms with Crippen LogP contribution in [0.5, 0.6) is 0 Å². The van der Waals surface area contributed by atoms with Gasteiger partial charge in [0.05, 0.1) is 16.8 Å². The summed E-state index contributed by atoms with van der Waals surface area (Å²) >= 11 is 0. The lowest BCUT2D eigenvalue weighted by Crippen LogP contribution is -2.28. The van der Waals surface area contributed by atoms with Crippen molar-refractivity contribution in [2.45, 2.75) is 5.41 Å². The quantitative estimate of drug-likeness (QED) is 0.171. The molecule has 2 heterocycles. The second kappa shape index (κ2) is 12.9. The number of pyridine rings is 1. The molecule has 2 aromatic heterocycles. The number of hydrogen-bond acceptors (Lipinski definition) is 2. The first-order chi connectivity index (χ1) is 27.8. The van der Waals surface area contributed by atoms with Crippen LogP contribution in [0.3, 0.4) is 0 Å². The summed E-state index contributed by atoms with van der Waals surface area (Å²) in [5.41, 5.74) is 17.4. The molecule has 262 valence electrons. The Kier molecular flexibility index (Phi) is 7.43. The third kappa shape index (κ3) is 5.00. The number of hydrogen-bond donors (Lipinski definition) is 0. The molecule has 0 N–H and O–H groups in total. The standard InChI is InChI=1S/C54H35NO/c1-5-16-36(17-6-1)40-32-50(38-18-7-2-8-19-38)55-51(33-40)39-30-28-37(29-31-39)43-25-15-26-45-47-34-46-44-24-13-14-27-48(44)54(41-20-9-3-10-21-41,42-22-11-4-12-23-42)49(46)35-52(47)56-53(43)45/h1-35H. The average Bonchev–Trinajstić information content (AvgIpc) is 3.80. The van der Waals surface area contributed by atoms with Crippen molar-refractivity contribution in [3.05, 3.63) is 235 Å². The molecule has 10 aromatic rings. The lowest BCUT2D eigenvalue weighted by atomic mass is 9.67. The van der Waals surface area contributed by atoms with E-state index in [1.54, 1.807) is 0 Å². The maximum atomic E-state index is 6.96. The van der Waals surface area contributed by atoms with E-state index in [4.69, 9.17) is 9.40 Å². The van der Waals surface area contributed by atoms with Crippen molar-refractivity contribution in [2.24, 2.45) is 0 Å². The van der Waals surface area contributed by atoms with Crippen LogP contribution in [-0.2, 0) is 5.41 Å². The highest BCUT2D eigenvalue weighted by Gasteiger charge is 2.46. The van der Waals surface area contributed by atoms with Gasteiger partial charge in [-0.1, -0.05) is 188 Å². The molecule has 56 heavy (non-hydrogen) atoms. The highest BCUT2D eigenvalue weighted by Crippen LogP contribution is 2.57. The summed E-state index contributed by atoms with van der Waals surface area (Å²) < 4.78 is 6.96. The van der Waals surface area contributed by atoms with Gasteiger partial charge in [-0.2, -0.15) is 0 Å². The van der Waals surface area contributed by atoms with Crippen LogP contribution in [0.1, 0.15) is 22.3 Å². The van der Waals surface area contributed by atoms with Crippen LogP contribution in [0.4, 0.5) is 0 Å². The zero-order chi connectivity index (χ0) is 37.1. The molecule has 11 rings (SSSR count). The van der Waals surface area contributed by atoms with Gasteiger partial charge in [0.1, 0.15) is 11.2 Å². The van der Waals surface area contributed by atoms with Crippen molar-refractivity contribution in [1.82, 2.24) is 4.98 Å². The van der Waals surface area contributed by atoms with E-state index < -0.39 is 5.41 Å². The zero-order valence-electron chi connectivity index (χ0n) is 30.6. The van der Waals surface area contributed by atoms with E-state index in [9.17, 15) is 0 Å². The summed E-state index contributed by atoms with van der Waals surface area (Å²) in [5, 5.41) is 2.24. The van der Waals surface area contributed by atoms with Gasteiger partial charge in [-0.3, -0.25) is 0 Å². The van der Waals surface area contributed by atoms with E-state index in [-0.39, 0.29) is 0 Å². The first kappa shape index (κ1) is 32.2. The van der Waals surface area contributed by atoms with Gasteiger partial charge in [0.2, 0.25) is 0 Å². The summed E-state index contributed by atoms with van der Waals surface area (Å²) in [4.78, 5) is 5.16. The second-order valence-electron chi connectivity index (χ2n) is 14.6. The molecule has 1 aliphatic carbocycles. The fraction of sp³-hybridized carbons (Fsp3) is 0.0185. The monoisotopic (exact) mass is 713 g/mol. The van der Waals surface area contributed by atoms with Gasteiger partial charge in [-0.05, 0) is 74.3 Å². The van der Waals surface area contributed by atoms with Crippen molar-refractivity contribution in [1.29, 1.82) is 0 Å². The Morgan fingerprint density at radius 2 is 0.875 bits per heavy atom. The molecule has 0 fully saturated rings. The Labute approximate surface area is 326 Å². The molecule has 0 saturated heterocycles. The third-order valence-electron chi connectivity index (χ3n) is 11.6. The Balaban J connectivity index is 1.05. The van der Waals surface area contributed by atoms with Gasteiger partial charge in [0, 0.05) is 27.5 Å². The van der Waals surface area contributed by atoms with Crippen LogP contribution >= 0.6 is 0 Å². The number of rotatable bonds is 6. The first-order valence-electron chi connectivity index (χ1n) is 19.2. The SMILES string of the molecule is c1ccc(-c2cc(-c3ccccc3)nc(-c3ccc(-c4cccc5c4oc4cc6c(cc45)-c4ccccc4C6(c4ccccc4)c4ccccc4)cc3)c2)cc1. The third-order valence-corrected chi connectivity index (χ3v) is 11.6. The topological polar surface area (TPSA) is 26.0 Å². The van der Waals surface area contributed by atoms with Crippen molar-refractivity contribution < 1.29 is 4.42 Å². The van der Waals surface area contributed by atoms with E-state index in [2.05, 4.69) is 206 Å². The number of para-hydroxylation sites is 1. The van der Waals surface area contributed by atoms with Crippen molar-refractivity contribution in [2.75, 3.05) is 0 Å². The average molecular weight is 714 g/mol. The molecule has 0 radical (unpaired) electrons. The van der Waals surface area contributed by atoms with Crippen LogP contribution in [0.2, 0.25) is 0 Å². The molecule has 8 aromatic carbocycles. The molecular formula is C54H35NO. The van der Waals surface area contributed by atoms with Gasteiger partial charge in [0.15, 0.2) is 0 Å². The molecule has 0 bridgehead atoms. The largest absolute Gasteiger partial charge is 0.455 e. The minimum atomic E-state index is -0.480. The Bertz CT molecular complexity index is 2940. The van der Waals surface area contributed by atoms with Crippen LogP contribution in [0.25, 0.3) is 77.8 Å². The maximum absolute atomic E-state index is 6.96. The van der Waals surface area contributed by atoms with Gasteiger partial charge in [-0.25, -0.2) is 4.98 Å². The minimum Gasteiger partial charge on any atom is -0.455 e. The van der Waals surface area contributed by atoms with E-state index in [1.165, 1.54) is 38.9 Å². The molecule has 2 nitrogen and oxygen atoms in total. The minimum absolute atomic E-state index is 0.480. The fourth-order valence-corrected chi connectivity index (χ4v) is 9.01. The highest BCUT2D eigenvalue weighted by molar-refractivity contribution is 6.12. The molecule has 0 atom stereocenters. The molecule has 0 amide bonds. The van der Waals surface area contributed by atoms with E-state index in [0.717, 1.165) is 61.1 Å².